The minimum Gasteiger partial charge on any atom is -0.469 e. The summed E-state index contributed by atoms with van der Waals surface area (Å²) in [4.78, 5) is 21.0. The van der Waals surface area contributed by atoms with E-state index in [1.165, 1.54) is 7.11 Å². The number of hydrogen-bond donors (Lipinski definition) is 2. The average molecular weight is 174 g/mol. The van der Waals surface area contributed by atoms with Gasteiger partial charge in [-0.15, -0.1) is 0 Å². The van der Waals surface area contributed by atoms with Gasteiger partial charge in [0.25, 0.3) is 0 Å². The monoisotopic (exact) mass is 174 g/mol. The van der Waals surface area contributed by atoms with Crippen LogP contribution in [0.15, 0.2) is 0 Å². The van der Waals surface area contributed by atoms with E-state index in [4.69, 9.17) is 5.73 Å². The molecule has 0 radical (unpaired) electrons. The van der Waals surface area contributed by atoms with E-state index in [9.17, 15) is 9.59 Å². The lowest BCUT2D eigenvalue weighted by molar-refractivity contribution is -0.141. The predicted octanol–water partition coefficient (Wildman–Crippen LogP) is -0.146. The normalized spacial score (nSPS) is 11.8. The fourth-order valence-corrected chi connectivity index (χ4v) is 0.715. The molecule has 0 saturated carbocycles. The maximum atomic E-state index is 10.7. The summed E-state index contributed by atoms with van der Waals surface area (Å²) in [6.07, 6.45) is 0.288. The number of nitrogens with one attached hydrogen (secondary N) is 1. The maximum absolute atomic E-state index is 10.7. The van der Waals surface area contributed by atoms with Crippen LogP contribution in [0.3, 0.4) is 0 Å². The average Bonchev–Trinajstić information content (AvgIpc) is 2.00. The molecule has 5 heteroatoms. The van der Waals surface area contributed by atoms with Crippen LogP contribution in [0.1, 0.15) is 13.3 Å². The molecule has 70 valence electrons. The molecule has 0 bridgehead atoms. The van der Waals surface area contributed by atoms with Crippen molar-refractivity contribution >= 4 is 12.0 Å². The van der Waals surface area contributed by atoms with Gasteiger partial charge >= 0.3 is 12.0 Å². The number of ether oxygens (including phenoxy) is 1. The van der Waals surface area contributed by atoms with Crippen LogP contribution in [-0.4, -0.2) is 25.7 Å². The molecule has 0 aliphatic rings. The van der Waals surface area contributed by atoms with Crippen molar-refractivity contribution in [2.75, 3.05) is 13.7 Å². The topological polar surface area (TPSA) is 81.4 Å². The molecule has 12 heavy (non-hydrogen) atoms. The molecule has 0 heterocycles. The van der Waals surface area contributed by atoms with E-state index in [0.29, 0.717) is 6.54 Å². The lowest BCUT2D eigenvalue weighted by Gasteiger charge is -2.09. The van der Waals surface area contributed by atoms with E-state index in [0.717, 1.165) is 0 Å². The van der Waals surface area contributed by atoms with Crippen LogP contribution < -0.4 is 11.1 Å². The van der Waals surface area contributed by atoms with Crippen LogP contribution in [0.5, 0.6) is 0 Å². The highest BCUT2D eigenvalue weighted by atomic mass is 16.5. The zero-order chi connectivity index (χ0) is 9.56. The Hall–Kier alpha value is -1.26. The molecule has 1 atom stereocenters. The molecule has 0 spiro atoms. The number of esters is 1. The third-order valence-corrected chi connectivity index (χ3v) is 1.37. The summed E-state index contributed by atoms with van der Waals surface area (Å²) in [5.41, 5.74) is 4.84. The van der Waals surface area contributed by atoms with Gasteiger partial charge in [0.2, 0.25) is 0 Å². The highest BCUT2D eigenvalue weighted by molar-refractivity contribution is 5.72. The number of carbonyl (C=O) groups excluding carboxylic acids is 2. The number of methoxy groups -OCH3 is 1. The van der Waals surface area contributed by atoms with Crippen LogP contribution >= 0.6 is 0 Å². The third-order valence-electron chi connectivity index (χ3n) is 1.37. The molecule has 0 unspecified atom stereocenters. The second kappa shape index (κ2) is 5.40. The second-order valence-electron chi connectivity index (χ2n) is 2.63. The van der Waals surface area contributed by atoms with E-state index >= 15 is 0 Å². The fourth-order valence-electron chi connectivity index (χ4n) is 0.715. The maximum Gasteiger partial charge on any atom is 0.312 e. The standard InChI is InChI=1S/C7H14N2O3/c1-5(3-6(10)12-2)4-9-7(8)11/h5H,3-4H2,1-2H3,(H3,8,9,11)/t5-/m0/s1. The minimum atomic E-state index is -0.577. The number of primary amides is 1. The minimum absolute atomic E-state index is 0.0462. The van der Waals surface area contributed by atoms with Crippen molar-refractivity contribution < 1.29 is 14.3 Å². The van der Waals surface area contributed by atoms with Gasteiger partial charge in [-0.3, -0.25) is 4.79 Å². The van der Waals surface area contributed by atoms with Crippen LogP contribution in [-0.2, 0) is 9.53 Å². The Labute approximate surface area is 71.3 Å². The van der Waals surface area contributed by atoms with Crippen molar-refractivity contribution in [3.8, 4) is 0 Å². The predicted molar refractivity (Wildman–Crippen MR) is 43.4 cm³/mol. The molecule has 0 fully saturated rings. The Morgan fingerprint density at radius 1 is 1.58 bits per heavy atom. The zero-order valence-corrected chi connectivity index (χ0v) is 7.29. The Balaban J connectivity index is 3.52. The van der Waals surface area contributed by atoms with E-state index in [2.05, 4.69) is 10.1 Å². The molecule has 0 aromatic heterocycles. The molecule has 0 rings (SSSR count). The molecule has 0 aliphatic heterocycles. The first-order valence-electron chi connectivity index (χ1n) is 3.66. The first-order valence-corrected chi connectivity index (χ1v) is 3.66. The summed E-state index contributed by atoms with van der Waals surface area (Å²) in [5, 5.41) is 2.41. The Morgan fingerprint density at radius 2 is 2.17 bits per heavy atom. The third kappa shape index (κ3) is 5.52. The molecule has 5 nitrogen and oxygen atoms in total. The van der Waals surface area contributed by atoms with Gasteiger partial charge in [0.15, 0.2) is 0 Å². The van der Waals surface area contributed by atoms with Gasteiger partial charge in [0.05, 0.1) is 7.11 Å². The van der Waals surface area contributed by atoms with Crippen LogP contribution in [0.25, 0.3) is 0 Å². The highest BCUT2D eigenvalue weighted by Crippen LogP contribution is 2.00. The summed E-state index contributed by atoms with van der Waals surface area (Å²) in [6, 6.07) is -0.577. The van der Waals surface area contributed by atoms with Crippen molar-refractivity contribution in [1.82, 2.24) is 5.32 Å². The van der Waals surface area contributed by atoms with Gasteiger partial charge in [-0.2, -0.15) is 0 Å². The molecule has 0 saturated heterocycles. The molecular weight excluding hydrogens is 160 g/mol. The Bertz CT molecular complexity index is 170. The fraction of sp³-hybridized carbons (Fsp3) is 0.714. The summed E-state index contributed by atoms with van der Waals surface area (Å²) in [7, 11) is 1.33. The number of amides is 2. The zero-order valence-electron chi connectivity index (χ0n) is 7.29. The van der Waals surface area contributed by atoms with E-state index < -0.39 is 6.03 Å². The first-order chi connectivity index (χ1) is 5.56. The van der Waals surface area contributed by atoms with Gasteiger partial charge in [-0.1, -0.05) is 6.92 Å². The van der Waals surface area contributed by atoms with Crippen molar-refractivity contribution in [2.45, 2.75) is 13.3 Å². The van der Waals surface area contributed by atoms with E-state index in [-0.39, 0.29) is 18.3 Å². The van der Waals surface area contributed by atoms with Gasteiger partial charge in [-0.05, 0) is 5.92 Å². The van der Waals surface area contributed by atoms with Crippen molar-refractivity contribution in [3.05, 3.63) is 0 Å². The van der Waals surface area contributed by atoms with Gasteiger partial charge in [0, 0.05) is 13.0 Å². The molecule has 3 N–H and O–H groups in total. The second-order valence-corrected chi connectivity index (χ2v) is 2.63. The molecule has 2 amide bonds. The van der Waals surface area contributed by atoms with E-state index in [1.54, 1.807) is 0 Å². The first kappa shape index (κ1) is 10.7. The summed E-state index contributed by atoms with van der Waals surface area (Å²) in [5.74, 6) is -0.237. The molecule has 0 aromatic carbocycles. The van der Waals surface area contributed by atoms with E-state index in [1.807, 2.05) is 6.92 Å². The van der Waals surface area contributed by atoms with Crippen molar-refractivity contribution in [3.63, 3.8) is 0 Å². The van der Waals surface area contributed by atoms with Crippen molar-refractivity contribution in [1.29, 1.82) is 0 Å². The molecular formula is C7H14N2O3. The van der Waals surface area contributed by atoms with Gasteiger partial charge in [-0.25, -0.2) is 4.79 Å². The number of nitrogens with two attached hydrogens (primary N) is 1. The highest BCUT2D eigenvalue weighted by Gasteiger charge is 2.08. The molecule has 0 aliphatic carbocycles. The lowest BCUT2D eigenvalue weighted by Crippen LogP contribution is -2.33. The lowest BCUT2D eigenvalue weighted by atomic mass is 10.1. The van der Waals surface area contributed by atoms with Crippen molar-refractivity contribution in [2.24, 2.45) is 11.7 Å². The number of carbonyl (C=O) groups is 2. The number of rotatable bonds is 4. The number of urea groups is 1. The SMILES string of the molecule is COC(=O)C[C@H](C)CNC(N)=O. The van der Waals surface area contributed by atoms with Gasteiger partial charge < -0.3 is 15.8 Å². The van der Waals surface area contributed by atoms with Crippen LogP contribution in [0, 0.1) is 5.92 Å². The Kier molecular flexibility index (Phi) is 4.83. The summed E-state index contributed by atoms with van der Waals surface area (Å²) in [6.45, 7) is 2.22. The van der Waals surface area contributed by atoms with Crippen LogP contribution in [0.2, 0.25) is 0 Å². The number of hydrogen-bond acceptors (Lipinski definition) is 3. The Morgan fingerprint density at radius 3 is 2.58 bits per heavy atom. The summed E-state index contributed by atoms with van der Waals surface area (Å²) >= 11 is 0. The summed E-state index contributed by atoms with van der Waals surface area (Å²) < 4.78 is 4.44. The quantitative estimate of drug-likeness (QED) is 0.582. The van der Waals surface area contributed by atoms with Gasteiger partial charge in [0.1, 0.15) is 0 Å². The molecule has 0 aromatic rings. The largest absolute Gasteiger partial charge is 0.469 e. The van der Waals surface area contributed by atoms with Crippen LogP contribution in [0.4, 0.5) is 4.79 Å². The smallest absolute Gasteiger partial charge is 0.312 e.